The van der Waals surface area contributed by atoms with Crippen molar-refractivity contribution >= 4 is 23.2 Å². The minimum absolute atomic E-state index is 0.122. The van der Waals surface area contributed by atoms with E-state index in [9.17, 15) is 14.0 Å². The first-order valence-corrected chi connectivity index (χ1v) is 7.88. The van der Waals surface area contributed by atoms with Crippen molar-refractivity contribution in [3.05, 3.63) is 59.4 Å². The molecule has 1 aliphatic rings. The van der Waals surface area contributed by atoms with Gasteiger partial charge in [-0.25, -0.2) is 4.39 Å². The number of halogens is 1. The number of carbonyl (C=O) groups excluding carboxylic acids is 2. The van der Waals surface area contributed by atoms with Crippen molar-refractivity contribution in [2.24, 2.45) is 5.92 Å². The normalized spacial score (nSPS) is 17.2. The van der Waals surface area contributed by atoms with E-state index in [2.05, 4.69) is 5.32 Å². The summed E-state index contributed by atoms with van der Waals surface area (Å²) in [4.78, 5) is 26.3. The molecule has 2 aromatic carbocycles. The molecular formula is C19H19FN2O2. The first kappa shape index (κ1) is 16.2. The van der Waals surface area contributed by atoms with Gasteiger partial charge in [-0.15, -0.1) is 0 Å². The molecule has 0 bridgehead atoms. The SMILES string of the molecule is Cc1cccc(C)c1NC(=O)C1CC(=O)N(c2ccc(F)cc2)C1. The minimum Gasteiger partial charge on any atom is -0.325 e. The Morgan fingerprint density at radius 2 is 1.75 bits per heavy atom. The quantitative estimate of drug-likeness (QED) is 0.939. The molecule has 1 fully saturated rings. The molecule has 0 saturated carbocycles. The van der Waals surface area contributed by atoms with Gasteiger partial charge in [-0.05, 0) is 49.2 Å². The fraction of sp³-hybridized carbons (Fsp3) is 0.263. The predicted octanol–water partition coefficient (Wildman–Crippen LogP) is 3.43. The number of amides is 2. The molecule has 24 heavy (non-hydrogen) atoms. The van der Waals surface area contributed by atoms with E-state index in [0.717, 1.165) is 16.8 Å². The zero-order chi connectivity index (χ0) is 17.3. The Hall–Kier alpha value is -2.69. The Balaban J connectivity index is 1.73. The van der Waals surface area contributed by atoms with E-state index in [1.165, 1.54) is 17.0 Å². The molecule has 0 radical (unpaired) electrons. The molecule has 1 saturated heterocycles. The molecule has 2 aromatic rings. The summed E-state index contributed by atoms with van der Waals surface area (Å²) in [6.45, 7) is 4.18. The molecule has 1 unspecified atom stereocenters. The largest absolute Gasteiger partial charge is 0.325 e. The van der Waals surface area contributed by atoms with Gasteiger partial charge in [0.15, 0.2) is 0 Å². The van der Waals surface area contributed by atoms with E-state index in [1.54, 1.807) is 12.1 Å². The van der Waals surface area contributed by atoms with Gasteiger partial charge in [0.25, 0.3) is 0 Å². The molecule has 1 aliphatic heterocycles. The summed E-state index contributed by atoms with van der Waals surface area (Å²) in [5.74, 6) is -1.05. The van der Waals surface area contributed by atoms with Crippen LogP contribution in [0.15, 0.2) is 42.5 Å². The van der Waals surface area contributed by atoms with Crippen molar-refractivity contribution in [2.75, 3.05) is 16.8 Å². The molecule has 0 aliphatic carbocycles. The van der Waals surface area contributed by atoms with Crippen LogP contribution in [0.5, 0.6) is 0 Å². The number of hydrogen-bond donors (Lipinski definition) is 1. The standard InChI is InChI=1S/C19H19FN2O2/c1-12-4-3-5-13(2)18(12)21-19(24)14-10-17(23)22(11-14)16-8-6-15(20)7-9-16/h3-9,14H,10-11H2,1-2H3,(H,21,24). The van der Waals surface area contributed by atoms with E-state index in [4.69, 9.17) is 0 Å². The van der Waals surface area contributed by atoms with Crippen molar-refractivity contribution < 1.29 is 14.0 Å². The van der Waals surface area contributed by atoms with Crippen LogP contribution in [-0.2, 0) is 9.59 Å². The third-order valence-electron chi connectivity index (χ3n) is 4.36. The van der Waals surface area contributed by atoms with Crippen LogP contribution in [0.3, 0.4) is 0 Å². The van der Waals surface area contributed by atoms with Crippen LogP contribution in [0.1, 0.15) is 17.5 Å². The number of anilines is 2. The van der Waals surface area contributed by atoms with Gasteiger partial charge in [0, 0.05) is 24.3 Å². The van der Waals surface area contributed by atoms with Gasteiger partial charge in [-0.2, -0.15) is 0 Å². The van der Waals surface area contributed by atoms with Gasteiger partial charge in [-0.3, -0.25) is 9.59 Å². The second kappa shape index (κ2) is 6.43. The second-order valence-corrected chi connectivity index (χ2v) is 6.14. The number of aryl methyl sites for hydroxylation is 2. The van der Waals surface area contributed by atoms with Crippen LogP contribution in [-0.4, -0.2) is 18.4 Å². The molecule has 1 atom stereocenters. The van der Waals surface area contributed by atoms with E-state index in [1.807, 2.05) is 32.0 Å². The number of nitrogens with zero attached hydrogens (tertiary/aromatic N) is 1. The summed E-state index contributed by atoms with van der Waals surface area (Å²) < 4.78 is 13.0. The number of para-hydroxylation sites is 1. The fourth-order valence-corrected chi connectivity index (χ4v) is 2.99. The second-order valence-electron chi connectivity index (χ2n) is 6.14. The summed E-state index contributed by atoms with van der Waals surface area (Å²) >= 11 is 0. The Morgan fingerprint density at radius 1 is 1.12 bits per heavy atom. The van der Waals surface area contributed by atoms with Crippen molar-refractivity contribution in [3.8, 4) is 0 Å². The molecule has 4 nitrogen and oxygen atoms in total. The van der Waals surface area contributed by atoms with E-state index >= 15 is 0 Å². The third kappa shape index (κ3) is 3.15. The Bertz CT molecular complexity index is 766. The highest BCUT2D eigenvalue weighted by Gasteiger charge is 2.35. The Morgan fingerprint density at radius 3 is 2.38 bits per heavy atom. The maximum atomic E-state index is 13.0. The summed E-state index contributed by atoms with van der Waals surface area (Å²) in [5.41, 5.74) is 3.39. The number of nitrogens with one attached hydrogen (secondary N) is 1. The van der Waals surface area contributed by atoms with Crippen molar-refractivity contribution in [1.29, 1.82) is 0 Å². The van der Waals surface area contributed by atoms with Crippen LogP contribution in [0, 0.1) is 25.6 Å². The van der Waals surface area contributed by atoms with Crippen molar-refractivity contribution in [2.45, 2.75) is 20.3 Å². The van der Waals surface area contributed by atoms with Crippen LogP contribution >= 0.6 is 0 Å². The number of hydrogen-bond acceptors (Lipinski definition) is 2. The van der Waals surface area contributed by atoms with Gasteiger partial charge >= 0.3 is 0 Å². The molecule has 3 rings (SSSR count). The average Bonchev–Trinajstić information content (AvgIpc) is 2.94. The smallest absolute Gasteiger partial charge is 0.229 e. The zero-order valence-electron chi connectivity index (χ0n) is 13.7. The lowest BCUT2D eigenvalue weighted by atomic mass is 10.1. The average molecular weight is 326 g/mol. The highest BCUT2D eigenvalue weighted by atomic mass is 19.1. The molecule has 1 N–H and O–H groups in total. The third-order valence-corrected chi connectivity index (χ3v) is 4.36. The predicted molar refractivity (Wildman–Crippen MR) is 91.4 cm³/mol. The number of benzene rings is 2. The number of carbonyl (C=O) groups is 2. The van der Waals surface area contributed by atoms with Crippen LogP contribution in [0.2, 0.25) is 0 Å². The van der Waals surface area contributed by atoms with Gasteiger partial charge in [-0.1, -0.05) is 18.2 Å². The molecule has 5 heteroatoms. The number of rotatable bonds is 3. The van der Waals surface area contributed by atoms with Crippen molar-refractivity contribution in [3.63, 3.8) is 0 Å². The van der Waals surface area contributed by atoms with E-state index in [-0.39, 0.29) is 24.1 Å². The van der Waals surface area contributed by atoms with E-state index < -0.39 is 5.92 Å². The highest BCUT2D eigenvalue weighted by Crippen LogP contribution is 2.27. The zero-order valence-corrected chi connectivity index (χ0v) is 13.7. The van der Waals surface area contributed by atoms with Crippen LogP contribution in [0.4, 0.5) is 15.8 Å². The summed E-state index contributed by atoms with van der Waals surface area (Å²) in [5, 5.41) is 2.94. The Kier molecular flexibility index (Phi) is 4.34. The monoisotopic (exact) mass is 326 g/mol. The lowest BCUT2D eigenvalue weighted by Gasteiger charge is -2.17. The van der Waals surface area contributed by atoms with E-state index in [0.29, 0.717) is 12.2 Å². The first-order valence-electron chi connectivity index (χ1n) is 7.88. The Labute approximate surface area is 140 Å². The topological polar surface area (TPSA) is 49.4 Å². The van der Waals surface area contributed by atoms with Crippen LogP contribution < -0.4 is 10.2 Å². The van der Waals surface area contributed by atoms with Gasteiger partial charge in [0.2, 0.25) is 11.8 Å². The maximum Gasteiger partial charge on any atom is 0.229 e. The summed E-state index contributed by atoms with van der Waals surface area (Å²) in [7, 11) is 0. The lowest BCUT2D eigenvalue weighted by Crippen LogP contribution is -2.28. The fourth-order valence-electron chi connectivity index (χ4n) is 2.99. The molecular weight excluding hydrogens is 307 g/mol. The lowest BCUT2D eigenvalue weighted by molar-refractivity contribution is -0.122. The molecule has 124 valence electrons. The van der Waals surface area contributed by atoms with Gasteiger partial charge in [0.05, 0.1) is 5.92 Å². The molecule has 2 amide bonds. The maximum absolute atomic E-state index is 13.0. The van der Waals surface area contributed by atoms with Gasteiger partial charge < -0.3 is 10.2 Å². The first-order chi connectivity index (χ1) is 11.5. The molecule has 0 spiro atoms. The van der Waals surface area contributed by atoms with Gasteiger partial charge in [0.1, 0.15) is 5.82 Å². The molecule has 0 aromatic heterocycles. The van der Waals surface area contributed by atoms with Crippen molar-refractivity contribution in [1.82, 2.24) is 0 Å². The summed E-state index contributed by atoms with van der Waals surface area (Å²) in [6.07, 6.45) is 0.161. The summed E-state index contributed by atoms with van der Waals surface area (Å²) in [6, 6.07) is 11.5. The molecule has 1 heterocycles. The minimum atomic E-state index is -0.415. The van der Waals surface area contributed by atoms with Crippen LogP contribution in [0.25, 0.3) is 0 Å². The highest BCUT2D eigenvalue weighted by molar-refractivity contribution is 6.03.